The molecule has 5 nitrogen and oxygen atoms in total. The van der Waals surface area contributed by atoms with Crippen LogP contribution in [-0.2, 0) is 0 Å². The maximum absolute atomic E-state index is 6.17. The van der Waals surface area contributed by atoms with E-state index in [-0.39, 0.29) is 0 Å². The summed E-state index contributed by atoms with van der Waals surface area (Å²) in [4.78, 5) is 6.07. The number of nitrogens with zero attached hydrogens (tertiary/aromatic N) is 3. The quantitative estimate of drug-likeness (QED) is 0.467. The van der Waals surface area contributed by atoms with E-state index in [1.54, 1.807) is 11.2 Å². The average Bonchev–Trinajstić information content (AvgIpc) is 2.46. The van der Waals surface area contributed by atoms with Crippen LogP contribution in [0, 0.1) is 0 Å². The Labute approximate surface area is 108 Å². The van der Waals surface area contributed by atoms with E-state index in [1.165, 1.54) is 0 Å². The fourth-order valence-electron chi connectivity index (χ4n) is 1.99. The Kier molecular flexibility index (Phi) is 4.33. The summed E-state index contributed by atoms with van der Waals surface area (Å²) in [5.41, 5.74) is 0.936. The number of rotatable bonds is 4. The molecule has 0 unspecified atom stereocenters. The minimum absolute atomic E-state index is 0.873. The molecule has 1 fully saturated rings. The predicted molar refractivity (Wildman–Crippen MR) is 75.2 cm³/mol. The van der Waals surface area contributed by atoms with Crippen LogP contribution in [0.2, 0.25) is 0 Å². The summed E-state index contributed by atoms with van der Waals surface area (Å²) in [6, 6.07) is 9.84. The lowest BCUT2D eigenvalue weighted by Crippen LogP contribution is -2.48. The van der Waals surface area contributed by atoms with Crippen molar-refractivity contribution in [1.82, 2.24) is 10.2 Å². The molecule has 2 rings (SSSR count). The van der Waals surface area contributed by atoms with Crippen LogP contribution in [0.4, 0.5) is 5.69 Å². The molecule has 1 aliphatic rings. The molecule has 0 amide bonds. The lowest BCUT2D eigenvalue weighted by atomic mass is 10.3. The third-order valence-electron chi connectivity index (χ3n) is 2.93. The number of hydrogen-bond donors (Lipinski definition) is 2. The van der Waals surface area contributed by atoms with Gasteiger partial charge in [-0.2, -0.15) is 0 Å². The third kappa shape index (κ3) is 2.88. The molecule has 5 heteroatoms. The highest BCUT2D eigenvalue weighted by Crippen LogP contribution is 2.18. The van der Waals surface area contributed by atoms with E-state index in [2.05, 4.69) is 21.9 Å². The van der Waals surface area contributed by atoms with Crippen LogP contribution in [-0.4, -0.2) is 37.8 Å². The van der Waals surface area contributed by atoms with Gasteiger partial charge in [-0.15, -0.1) is 0 Å². The molecular weight excluding hydrogens is 226 g/mol. The lowest BCUT2D eigenvalue weighted by molar-refractivity contribution is 0.291. The zero-order valence-electron chi connectivity index (χ0n) is 10.4. The molecule has 3 N–H and O–H groups in total. The fraction of sp³-hybridized carbons (Fsp3) is 0.308. The van der Waals surface area contributed by atoms with Gasteiger partial charge in [0.1, 0.15) is 5.82 Å². The molecule has 0 bridgehead atoms. The van der Waals surface area contributed by atoms with Crippen molar-refractivity contribution in [3.05, 3.63) is 42.4 Å². The summed E-state index contributed by atoms with van der Waals surface area (Å²) >= 11 is 0. The Morgan fingerprint density at radius 3 is 2.61 bits per heavy atom. The monoisotopic (exact) mass is 245 g/mol. The summed E-state index contributed by atoms with van der Waals surface area (Å²) < 4.78 is 0. The van der Waals surface area contributed by atoms with Gasteiger partial charge in [0.05, 0.1) is 11.9 Å². The van der Waals surface area contributed by atoms with Crippen molar-refractivity contribution >= 4 is 12.4 Å². The van der Waals surface area contributed by atoms with Crippen molar-refractivity contribution in [1.29, 1.82) is 0 Å². The zero-order valence-corrected chi connectivity index (χ0v) is 10.4. The summed E-state index contributed by atoms with van der Waals surface area (Å²) in [7, 11) is 0. The Bertz CT molecular complexity index is 409. The highest BCUT2D eigenvalue weighted by Gasteiger charge is 2.17. The smallest absolute Gasteiger partial charge is 0.142 e. The van der Waals surface area contributed by atoms with Crippen molar-refractivity contribution < 1.29 is 0 Å². The van der Waals surface area contributed by atoms with Gasteiger partial charge in [0.2, 0.25) is 0 Å². The van der Waals surface area contributed by atoms with E-state index >= 15 is 0 Å². The standard InChI is InChI=1S/C13H19N5/c1-15-11-13(17-9-7-16-8-10-17)18(14)12-5-3-2-4-6-12/h2-6,11,16H,1,7-10,14H2/b13-11-. The summed E-state index contributed by atoms with van der Waals surface area (Å²) in [6.07, 6.45) is 1.71. The molecule has 1 aromatic carbocycles. The molecule has 18 heavy (non-hydrogen) atoms. The maximum Gasteiger partial charge on any atom is 0.142 e. The Morgan fingerprint density at radius 1 is 1.33 bits per heavy atom. The number of anilines is 1. The first kappa shape index (κ1) is 12.6. The van der Waals surface area contributed by atoms with Gasteiger partial charge in [-0.1, -0.05) is 18.2 Å². The van der Waals surface area contributed by atoms with Gasteiger partial charge in [-0.05, 0) is 18.9 Å². The first-order valence-corrected chi connectivity index (χ1v) is 6.04. The fourth-order valence-corrected chi connectivity index (χ4v) is 1.99. The zero-order chi connectivity index (χ0) is 12.8. The van der Waals surface area contributed by atoms with E-state index in [1.807, 2.05) is 30.3 Å². The molecule has 0 aromatic heterocycles. The largest absolute Gasteiger partial charge is 0.353 e. The van der Waals surface area contributed by atoms with Gasteiger partial charge in [0.15, 0.2) is 0 Å². The van der Waals surface area contributed by atoms with Crippen LogP contribution in [0.3, 0.4) is 0 Å². The molecule has 0 spiro atoms. The van der Waals surface area contributed by atoms with Gasteiger partial charge >= 0.3 is 0 Å². The predicted octanol–water partition coefficient (Wildman–Crippen LogP) is 0.771. The van der Waals surface area contributed by atoms with Gasteiger partial charge in [-0.3, -0.25) is 10.0 Å². The summed E-state index contributed by atoms with van der Waals surface area (Å²) in [5.74, 6) is 7.04. The second kappa shape index (κ2) is 6.18. The summed E-state index contributed by atoms with van der Waals surface area (Å²) in [6.45, 7) is 7.27. The Hall–Kier alpha value is -1.85. The molecule has 1 aromatic rings. The maximum atomic E-state index is 6.17. The SMILES string of the molecule is C=N/C=C(/N1CCNCC1)N(N)c1ccccc1. The molecule has 0 saturated carbocycles. The van der Waals surface area contributed by atoms with E-state index in [4.69, 9.17) is 5.84 Å². The van der Waals surface area contributed by atoms with Crippen LogP contribution >= 0.6 is 0 Å². The molecule has 1 heterocycles. The van der Waals surface area contributed by atoms with Crippen LogP contribution in [0.25, 0.3) is 0 Å². The number of benzene rings is 1. The highest BCUT2D eigenvalue weighted by molar-refractivity contribution is 5.49. The molecule has 96 valence electrons. The van der Waals surface area contributed by atoms with E-state index in [9.17, 15) is 0 Å². The number of para-hydroxylation sites is 1. The van der Waals surface area contributed by atoms with Crippen LogP contribution < -0.4 is 16.2 Å². The molecule has 0 atom stereocenters. The van der Waals surface area contributed by atoms with E-state index in [0.717, 1.165) is 37.7 Å². The molecular formula is C13H19N5. The molecule has 1 saturated heterocycles. The second-order valence-electron chi connectivity index (χ2n) is 4.11. The second-order valence-corrected chi connectivity index (χ2v) is 4.11. The number of hydrogen-bond acceptors (Lipinski definition) is 5. The first-order chi connectivity index (χ1) is 8.83. The van der Waals surface area contributed by atoms with Crippen molar-refractivity contribution in [3.63, 3.8) is 0 Å². The number of nitrogens with two attached hydrogens (primary N) is 1. The van der Waals surface area contributed by atoms with Crippen molar-refractivity contribution in [2.24, 2.45) is 10.8 Å². The number of piperazine rings is 1. The van der Waals surface area contributed by atoms with Crippen molar-refractivity contribution in [3.8, 4) is 0 Å². The van der Waals surface area contributed by atoms with Gasteiger partial charge in [0.25, 0.3) is 0 Å². The summed E-state index contributed by atoms with van der Waals surface area (Å²) in [5, 5.41) is 4.97. The van der Waals surface area contributed by atoms with Crippen LogP contribution in [0.1, 0.15) is 0 Å². The Balaban J connectivity index is 2.19. The molecule has 0 aliphatic carbocycles. The van der Waals surface area contributed by atoms with Crippen LogP contribution in [0.15, 0.2) is 47.3 Å². The lowest BCUT2D eigenvalue weighted by Gasteiger charge is -2.35. The highest BCUT2D eigenvalue weighted by atomic mass is 15.5. The minimum Gasteiger partial charge on any atom is -0.353 e. The van der Waals surface area contributed by atoms with Gasteiger partial charge in [-0.25, -0.2) is 5.84 Å². The molecule has 0 radical (unpaired) electrons. The van der Waals surface area contributed by atoms with Crippen LogP contribution in [0.5, 0.6) is 0 Å². The number of aliphatic imine (C=N–C) groups is 1. The average molecular weight is 245 g/mol. The van der Waals surface area contributed by atoms with Gasteiger partial charge < -0.3 is 10.2 Å². The molecule has 1 aliphatic heterocycles. The van der Waals surface area contributed by atoms with Crippen molar-refractivity contribution in [2.75, 3.05) is 31.2 Å². The minimum atomic E-state index is 0.873. The normalized spacial score (nSPS) is 16.5. The van der Waals surface area contributed by atoms with Gasteiger partial charge in [0, 0.05) is 26.2 Å². The van der Waals surface area contributed by atoms with E-state index < -0.39 is 0 Å². The van der Waals surface area contributed by atoms with E-state index in [0.29, 0.717) is 0 Å². The number of nitrogens with one attached hydrogen (secondary N) is 1. The Morgan fingerprint density at radius 2 is 2.00 bits per heavy atom. The first-order valence-electron chi connectivity index (χ1n) is 6.04. The topological polar surface area (TPSA) is 56.9 Å². The van der Waals surface area contributed by atoms with Crippen molar-refractivity contribution in [2.45, 2.75) is 0 Å². The third-order valence-corrected chi connectivity index (χ3v) is 2.93. The number of hydrazine groups is 1.